The highest BCUT2D eigenvalue weighted by atomic mass is 16.5. The van der Waals surface area contributed by atoms with Crippen LogP contribution in [0, 0.1) is 18.8 Å². The van der Waals surface area contributed by atoms with Crippen molar-refractivity contribution in [2.75, 3.05) is 7.11 Å². The van der Waals surface area contributed by atoms with Gasteiger partial charge in [-0.3, -0.25) is 4.79 Å². The van der Waals surface area contributed by atoms with E-state index in [0.29, 0.717) is 23.3 Å². The number of carbonyl (C=O) groups is 2. The van der Waals surface area contributed by atoms with Crippen LogP contribution in [0.15, 0.2) is 11.6 Å². The normalized spacial score (nSPS) is 21.7. The topological polar surface area (TPSA) is 93.1 Å². The molecular weight excluding hydrogens is 348 g/mol. The number of carboxylic acids is 1. The molecule has 6 heteroatoms. The molecule has 27 heavy (non-hydrogen) atoms. The van der Waals surface area contributed by atoms with Crippen molar-refractivity contribution >= 4 is 11.9 Å². The molecule has 0 unspecified atom stereocenters. The second-order valence-corrected chi connectivity index (χ2v) is 7.38. The van der Waals surface area contributed by atoms with Crippen molar-refractivity contribution < 1.29 is 29.3 Å². The summed E-state index contributed by atoms with van der Waals surface area (Å²) in [6.45, 7) is 3.74. The second kappa shape index (κ2) is 7.62. The van der Waals surface area contributed by atoms with Crippen molar-refractivity contribution in [2.24, 2.45) is 11.8 Å². The summed E-state index contributed by atoms with van der Waals surface area (Å²) in [5.41, 5.74) is 3.34. The highest BCUT2D eigenvalue weighted by Gasteiger charge is 2.33. The molecule has 1 aliphatic heterocycles. The largest absolute Gasteiger partial charge is 0.507 e. The van der Waals surface area contributed by atoms with Gasteiger partial charge in [-0.1, -0.05) is 25.0 Å². The molecule has 3 rings (SSSR count). The SMILES string of the molecule is COc1c(C)c2c(c(O)c1C/C=C1\CCCC[C@H]1[C@@H](C)C(=O)O)C(=O)OC2. The molecule has 1 aromatic carbocycles. The van der Waals surface area contributed by atoms with Gasteiger partial charge in [-0.15, -0.1) is 0 Å². The van der Waals surface area contributed by atoms with Gasteiger partial charge >= 0.3 is 11.9 Å². The van der Waals surface area contributed by atoms with Gasteiger partial charge in [0.2, 0.25) is 0 Å². The minimum atomic E-state index is -0.788. The Bertz CT molecular complexity index is 808. The molecule has 1 saturated carbocycles. The number of aliphatic carboxylic acids is 1. The third-order valence-electron chi connectivity index (χ3n) is 5.92. The molecule has 0 saturated heterocycles. The summed E-state index contributed by atoms with van der Waals surface area (Å²) in [6, 6.07) is 0. The number of esters is 1. The maximum absolute atomic E-state index is 12.0. The van der Waals surface area contributed by atoms with E-state index in [-0.39, 0.29) is 23.8 Å². The van der Waals surface area contributed by atoms with E-state index < -0.39 is 17.9 Å². The molecule has 2 atom stereocenters. The van der Waals surface area contributed by atoms with Gasteiger partial charge in [-0.05, 0) is 44.1 Å². The fraction of sp³-hybridized carbons (Fsp3) is 0.524. The lowest BCUT2D eigenvalue weighted by Gasteiger charge is -2.28. The summed E-state index contributed by atoms with van der Waals surface area (Å²) >= 11 is 0. The number of ether oxygens (including phenoxy) is 2. The average molecular weight is 374 g/mol. The first kappa shape index (κ1) is 19.3. The third-order valence-corrected chi connectivity index (χ3v) is 5.92. The average Bonchev–Trinajstić information content (AvgIpc) is 3.05. The fourth-order valence-electron chi connectivity index (χ4n) is 4.32. The third kappa shape index (κ3) is 3.40. The monoisotopic (exact) mass is 374 g/mol. The molecule has 2 N–H and O–H groups in total. The number of rotatable bonds is 5. The van der Waals surface area contributed by atoms with Crippen LogP contribution >= 0.6 is 0 Å². The van der Waals surface area contributed by atoms with Gasteiger partial charge in [0.15, 0.2) is 0 Å². The Labute approximate surface area is 158 Å². The van der Waals surface area contributed by atoms with E-state index in [1.165, 1.54) is 0 Å². The smallest absolute Gasteiger partial charge is 0.342 e. The highest BCUT2D eigenvalue weighted by molar-refractivity contribution is 5.98. The molecule has 6 nitrogen and oxygen atoms in total. The number of phenols is 1. The number of aromatic hydroxyl groups is 1. The van der Waals surface area contributed by atoms with Crippen LogP contribution in [-0.2, 0) is 22.6 Å². The lowest BCUT2D eigenvalue weighted by Crippen LogP contribution is -2.24. The van der Waals surface area contributed by atoms with Crippen LogP contribution in [0.5, 0.6) is 11.5 Å². The van der Waals surface area contributed by atoms with Crippen molar-refractivity contribution in [3.8, 4) is 11.5 Å². The number of cyclic esters (lactones) is 1. The van der Waals surface area contributed by atoms with E-state index in [1.54, 1.807) is 14.0 Å². The Morgan fingerprint density at radius 3 is 2.81 bits per heavy atom. The van der Waals surface area contributed by atoms with Crippen molar-refractivity contribution in [3.05, 3.63) is 33.9 Å². The van der Waals surface area contributed by atoms with Crippen LogP contribution in [0.3, 0.4) is 0 Å². The number of hydrogen-bond acceptors (Lipinski definition) is 5. The first-order valence-corrected chi connectivity index (χ1v) is 9.36. The van der Waals surface area contributed by atoms with Gasteiger partial charge in [-0.25, -0.2) is 4.79 Å². The van der Waals surface area contributed by atoms with E-state index in [1.807, 2.05) is 13.0 Å². The molecule has 2 aliphatic rings. The molecular formula is C21H26O6. The Kier molecular flexibility index (Phi) is 5.44. The van der Waals surface area contributed by atoms with Crippen molar-refractivity contribution in [3.63, 3.8) is 0 Å². The minimum absolute atomic E-state index is 0.00452. The Hall–Kier alpha value is -2.50. The number of fused-ring (bicyclic) bond motifs is 1. The van der Waals surface area contributed by atoms with Crippen LogP contribution in [0.2, 0.25) is 0 Å². The van der Waals surface area contributed by atoms with Crippen molar-refractivity contribution in [2.45, 2.75) is 52.6 Å². The lowest BCUT2D eigenvalue weighted by molar-refractivity contribution is -0.142. The molecule has 1 heterocycles. The zero-order chi connectivity index (χ0) is 19.7. The van der Waals surface area contributed by atoms with Gasteiger partial charge < -0.3 is 19.7 Å². The Morgan fingerprint density at radius 1 is 1.41 bits per heavy atom. The van der Waals surface area contributed by atoms with Crippen LogP contribution < -0.4 is 4.74 Å². The number of carboxylic acid groups (broad SMARTS) is 1. The first-order valence-electron chi connectivity index (χ1n) is 9.36. The highest BCUT2D eigenvalue weighted by Crippen LogP contribution is 2.43. The van der Waals surface area contributed by atoms with Crippen LogP contribution in [0.25, 0.3) is 0 Å². The van der Waals surface area contributed by atoms with E-state index in [9.17, 15) is 19.8 Å². The molecule has 0 radical (unpaired) electrons. The van der Waals surface area contributed by atoms with Gasteiger partial charge in [0.1, 0.15) is 23.7 Å². The Morgan fingerprint density at radius 2 is 2.15 bits per heavy atom. The van der Waals surface area contributed by atoms with Gasteiger partial charge in [0.05, 0.1) is 13.0 Å². The van der Waals surface area contributed by atoms with Gasteiger partial charge in [0.25, 0.3) is 0 Å². The molecule has 0 spiro atoms. The van der Waals surface area contributed by atoms with Crippen molar-refractivity contribution in [1.82, 2.24) is 0 Å². The summed E-state index contributed by atoms with van der Waals surface area (Å²) in [5.74, 6) is -1.28. The number of allylic oxidation sites excluding steroid dienone is 2. The maximum atomic E-state index is 12.0. The van der Waals surface area contributed by atoms with E-state index in [4.69, 9.17) is 9.47 Å². The number of carbonyl (C=O) groups excluding carboxylic acids is 1. The number of benzene rings is 1. The summed E-state index contributed by atoms with van der Waals surface area (Å²) in [5, 5.41) is 20.1. The first-order chi connectivity index (χ1) is 12.9. The number of phenolic OH excluding ortho intramolecular Hbond substituents is 1. The van der Waals surface area contributed by atoms with E-state index in [0.717, 1.165) is 36.8 Å². The number of methoxy groups -OCH3 is 1. The predicted octanol–water partition coefficient (Wildman–Crippen LogP) is 3.76. The zero-order valence-electron chi connectivity index (χ0n) is 16.0. The van der Waals surface area contributed by atoms with Crippen molar-refractivity contribution in [1.29, 1.82) is 0 Å². The van der Waals surface area contributed by atoms with Crippen LogP contribution in [-0.4, -0.2) is 29.3 Å². The summed E-state index contributed by atoms with van der Waals surface area (Å²) < 4.78 is 10.6. The maximum Gasteiger partial charge on any atom is 0.342 e. The summed E-state index contributed by atoms with van der Waals surface area (Å²) in [4.78, 5) is 23.5. The molecule has 1 fully saturated rings. The van der Waals surface area contributed by atoms with Crippen LogP contribution in [0.4, 0.5) is 0 Å². The van der Waals surface area contributed by atoms with Gasteiger partial charge in [0, 0.05) is 11.1 Å². The van der Waals surface area contributed by atoms with Crippen LogP contribution in [0.1, 0.15) is 59.7 Å². The van der Waals surface area contributed by atoms with E-state index in [2.05, 4.69) is 0 Å². The second-order valence-electron chi connectivity index (χ2n) is 7.38. The summed E-state index contributed by atoms with van der Waals surface area (Å²) in [6.07, 6.45) is 6.17. The molecule has 1 aromatic rings. The van der Waals surface area contributed by atoms with E-state index >= 15 is 0 Å². The van der Waals surface area contributed by atoms with Gasteiger partial charge in [-0.2, -0.15) is 0 Å². The standard InChI is InChI=1S/C21H26O6/c1-11-16-10-27-21(25)17(16)18(22)15(19(11)26-3)9-8-13-6-4-5-7-14(13)12(2)20(23)24/h8,12,14,22H,4-7,9-10H2,1-3H3,(H,23,24)/b13-8+/t12-,14+/m1/s1. The summed E-state index contributed by atoms with van der Waals surface area (Å²) in [7, 11) is 1.54. The Balaban J connectivity index is 1.99. The molecule has 1 aliphatic carbocycles. The molecule has 0 amide bonds. The molecule has 146 valence electrons. The lowest BCUT2D eigenvalue weighted by atomic mass is 9.76. The fourth-order valence-corrected chi connectivity index (χ4v) is 4.32. The molecule has 0 bridgehead atoms. The molecule has 0 aromatic heterocycles. The minimum Gasteiger partial charge on any atom is -0.507 e. The predicted molar refractivity (Wildman–Crippen MR) is 99.1 cm³/mol. The quantitative estimate of drug-likeness (QED) is 0.602. The number of hydrogen-bond donors (Lipinski definition) is 2. The zero-order valence-corrected chi connectivity index (χ0v) is 16.0.